The SMILES string of the molecule is CNCCc1nnc(-c2cccc(Br)c2Cl)o1. The van der Waals surface area contributed by atoms with E-state index in [1.54, 1.807) is 0 Å². The van der Waals surface area contributed by atoms with Crippen molar-refractivity contribution in [3.63, 3.8) is 0 Å². The lowest BCUT2D eigenvalue weighted by Crippen LogP contribution is -2.10. The molecule has 0 spiro atoms. The van der Waals surface area contributed by atoms with Gasteiger partial charge in [-0.25, -0.2) is 0 Å². The summed E-state index contributed by atoms with van der Waals surface area (Å²) in [6.45, 7) is 0.799. The second-order valence-corrected chi connectivity index (χ2v) is 4.69. The van der Waals surface area contributed by atoms with Crippen molar-refractivity contribution in [2.45, 2.75) is 6.42 Å². The predicted octanol–water partition coefficient (Wildman–Crippen LogP) is 2.91. The molecule has 0 unspecified atom stereocenters. The molecule has 6 heteroatoms. The molecule has 0 aliphatic carbocycles. The molecule has 90 valence electrons. The van der Waals surface area contributed by atoms with E-state index in [2.05, 4.69) is 31.4 Å². The smallest absolute Gasteiger partial charge is 0.249 e. The first-order chi connectivity index (χ1) is 8.22. The van der Waals surface area contributed by atoms with Gasteiger partial charge < -0.3 is 9.73 Å². The van der Waals surface area contributed by atoms with Gasteiger partial charge in [-0.2, -0.15) is 0 Å². The molecular formula is C11H11BrClN3O. The molecule has 2 rings (SSSR count). The predicted molar refractivity (Wildman–Crippen MR) is 70.1 cm³/mol. The highest BCUT2D eigenvalue weighted by molar-refractivity contribution is 9.10. The van der Waals surface area contributed by atoms with Gasteiger partial charge in [0.1, 0.15) is 0 Å². The van der Waals surface area contributed by atoms with Gasteiger partial charge in [-0.1, -0.05) is 17.7 Å². The second-order valence-electron chi connectivity index (χ2n) is 3.46. The second kappa shape index (κ2) is 5.62. The maximum atomic E-state index is 6.15. The van der Waals surface area contributed by atoms with Crippen LogP contribution in [0.15, 0.2) is 27.1 Å². The zero-order valence-corrected chi connectivity index (χ0v) is 11.5. The van der Waals surface area contributed by atoms with E-state index in [1.165, 1.54) is 0 Å². The Labute approximate surface area is 113 Å². The van der Waals surface area contributed by atoms with Crippen molar-refractivity contribution in [2.24, 2.45) is 0 Å². The highest BCUT2D eigenvalue weighted by Crippen LogP contribution is 2.32. The molecule has 2 aromatic rings. The molecule has 0 aliphatic heterocycles. The Morgan fingerprint density at radius 2 is 2.24 bits per heavy atom. The molecular weight excluding hydrogens is 305 g/mol. The van der Waals surface area contributed by atoms with Gasteiger partial charge in [0.25, 0.3) is 0 Å². The normalized spacial score (nSPS) is 10.8. The molecule has 0 radical (unpaired) electrons. The minimum absolute atomic E-state index is 0.447. The molecule has 0 saturated heterocycles. The summed E-state index contributed by atoms with van der Waals surface area (Å²) in [4.78, 5) is 0. The number of hydrogen-bond donors (Lipinski definition) is 1. The maximum absolute atomic E-state index is 6.15. The van der Waals surface area contributed by atoms with Crippen LogP contribution in [0.25, 0.3) is 11.5 Å². The summed E-state index contributed by atoms with van der Waals surface area (Å²) in [7, 11) is 1.88. The van der Waals surface area contributed by atoms with E-state index in [4.69, 9.17) is 16.0 Å². The fourth-order valence-electron chi connectivity index (χ4n) is 1.36. The lowest BCUT2D eigenvalue weighted by molar-refractivity contribution is 0.500. The average molecular weight is 317 g/mol. The van der Waals surface area contributed by atoms with E-state index >= 15 is 0 Å². The standard InChI is InChI=1S/C11H11BrClN3O/c1-14-6-5-9-15-16-11(17-9)7-3-2-4-8(12)10(7)13/h2-4,14H,5-6H2,1H3. The van der Waals surface area contributed by atoms with E-state index in [0.717, 1.165) is 16.6 Å². The van der Waals surface area contributed by atoms with Gasteiger partial charge in [0.05, 0.1) is 10.6 Å². The average Bonchev–Trinajstić information content (AvgIpc) is 2.78. The molecule has 0 aliphatic rings. The van der Waals surface area contributed by atoms with Gasteiger partial charge in [-0.05, 0) is 35.1 Å². The topological polar surface area (TPSA) is 51.0 Å². The summed E-state index contributed by atoms with van der Waals surface area (Å²) in [6, 6.07) is 5.59. The Morgan fingerprint density at radius 1 is 1.41 bits per heavy atom. The van der Waals surface area contributed by atoms with Crippen molar-refractivity contribution in [2.75, 3.05) is 13.6 Å². The van der Waals surface area contributed by atoms with Crippen LogP contribution in [0.1, 0.15) is 5.89 Å². The molecule has 1 heterocycles. The third-order valence-corrected chi connectivity index (χ3v) is 3.53. The van der Waals surface area contributed by atoms with Crippen molar-refractivity contribution in [3.05, 3.63) is 33.6 Å². The number of halogens is 2. The Kier molecular flexibility index (Phi) is 4.15. The van der Waals surface area contributed by atoms with Crippen LogP contribution in [-0.2, 0) is 6.42 Å². The number of aromatic nitrogens is 2. The molecule has 0 bridgehead atoms. The number of hydrogen-bond acceptors (Lipinski definition) is 4. The van der Waals surface area contributed by atoms with Gasteiger partial charge in [0.2, 0.25) is 11.8 Å². The molecule has 0 atom stereocenters. The third-order valence-electron chi connectivity index (χ3n) is 2.24. The van der Waals surface area contributed by atoms with E-state index < -0.39 is 0 Å². The summed E-state index contributed by atoms with van der Waals surface area (Å²) in [5.74, 6) is 1.05. The number of nitrogens with zero attached hydrogens (tertiary/aromatic N) is 2. The quantitative estimate of drug-likeness (QED) is 0.942. The van der Waals surface area contributed by atoms with Gasteiger partial charge >= 0.3 is 0 Å². The fourth-order valence-corrected chi connectivity index (χ4v) is 1.94. The van der Waals surface area contributed by atoms with Crippen molar-refractivity contribution in [3.8, 4) is 11.5 Å². The van der Waals surface area contributed by atoms with Gasteiger partial charge in [0.15, 0.2) is 0 Å². The first kappa shape index (κ1) is 12.5. The zero-order valence-electron chi connectivity index (χ0n) is 9.20. The lowest BCUT2D eigenvalue weighted by atomic mass is 10.2. The van der Waals surface area contributed by atoms with Crippen molar-refractivity contribution >= 4 is 27.5 Å². The van der Waals surface area contributed by atoms with Crippen LogP contribution in [0.5, 0.6) is 0 Å². The van der Waals surface area contributed by atoms with Crippen LogP contribution in [-0.4, -0.2) is 23.8 Å². The first-order valence-corrected chi connectivity index (χ1v) is 6.31. The molecule has 0 amide bonds. The van der Waals surface area contributed by atoms with Crippen LogP contribution in [0.2, 0.25) is 5.02 Å². The molecule has 0 saturated carbocycles. The monoisotopic (exact) mass is 315 g/mol. The van der Waals surface area contributed by atoms with Gasteiger partial charge in [-0.3, -0.25) is 0 Å². The van der Waals surface area contributed by atoms with E-state index in [9.17, 15) is 0 Å². The van der Waals surface area contributed by atoms with E-state index in [0.29, 0.717) is 23.2 Å². The first-order valence-electron chi connectivity index (χ1n) is 5.13. The molecule has 4 nitrogen and oxygen atoms in total. The Hall–Kier alpha value is -0.910. The molecule has 1 aromatic carbocycles. The highest BCUT2D eigenvalue weighted by atomic mass is 79.9. The molecule has 17 heavy (non-hydrogen) atoms. The summed E-state index contributed by atoms with van der Waals surface area (Å²) < 4.78 is 6.35. The summed E-state index contributed by atoms with van der Waals surface area (Å²) >= 11 is 9.51. The number of rotatable bonds is 4. The lowest BCUT2D eigenvalue weighted by Gasteiger charge is -2.00. The highest BCUT2D eigenvalue weighted by Gasteiger charge is 2.13. The summed E-state index contributed by atoms with van der Waals surface area (Å²) in [5.41, 5.74) is 0.740. The van der Waals surface area contributed by atoms with Crippen LogP contribution in [0.3, 0.4) is 0 Å². The fraction of sp³-hybridized carbons (Fsp3) is 0.273. The third kappa shape index (κ3) is 2.86. The van der Waals surface area contributed by atoms with Crippen molar-refractivity contribution < 1.29 is 4.42 Å². The van der Waals surface area contributed by atoms with Crippen molar-refractivity contribution in [1.29, 1.82) is 0 Å². The number of benzene rings is 1. The summed E-state index contributed by atoms with van der Waals surface area (Å²) in [5, 5.41) is 11.6. The van der Waals surface area contributed by atoms with Crippen LogP contribution in [0.4, 0.5) is 0 Å². The van der Waals surface area contributed by atoms with Crippen LogP contribution in [0, 0.1) is 0 Å². The summed E-state index contributed by atoms with van der Waals surface area (Å²) in [6.07, 6.45) is 0.703. The number of likely N-dealkylation sites (N-methyl/N-ethyl adjacent to an activating group) is 1. The largest absolute Gasteiger partial charge is 0.421 e. The minimum atomic E-state index is 0.447. The maximum Gasteiger partial charge on any atom is 0.249 e. The van der Waals surface area contributed by atoms with E-state index in [-0.39, 0.29) is 0 Å². The molecule has 1 aromatic heterocycles. The zero-order chi connectivity index (χ0) is 12.3. The molecule has 0 fully saturated rings. The van der Waals surface area contributed by atoms with Crippen molar-refractivity contribution in [1.82, 2.24) is 15.5 Å². The van der Waals surface area contributed by atoms with Crippen LogP contribution >= 0.6 is 27.5 Å². The Bertz CT molecular complexity index is 515. The Morgan fingerprint density at radius 3 is 3.00 bits per heavy atom. The van der Waals surface area contributed by atoms with Gasteiger partial charge in [0, 0.05) is 17.4 Å². The van der Waals surface area contributed by atoms with Crippen LogP contribution < -0.4 is 5.32 Å². The van der Waals surface area contributed by atoms with E-state index in [1.807, 2.05) is 25.2 Å². The number of nitrogens with one attached hydrogen (secondary N) is 1. The minimum Gasteiger partial charge on any atom is -0.421 e. The van der Waals surface area contributed by atoms with Gasteiger partial charge in [-0.15, -0.1) is 10.2 Å². The molecule has 1 N–H and O–H groups in total. The Balaban J connectivity index is 2.27.